The van der Waals surface area contributed by atoms with Crippen LogP contribution in [0.3, 0.4) is 0 Å². The molecule has 0 unspecified atom stereocenters. The van der Waals surface area contributed by atoms with Crippen molar-refractivity contribution in [1.29, 1.82) is 0 Å². The van der Waals surface area contributed by atoms with Crippen LogP contribution in [0, 0.1) is 6.92 Å². The van der Waals surface area contributed by atoms with Gasteiger partial charge in [-0.25, -0.2) is 12.4 Å². The highest BCUT2D eigenvalue weighted by Gasteiger charge is 2.19. The number of hydrogen-bond acceptors (Lipinski definition) is 3. The molecule has 0 bridgehead atoms. The monoisotopic (exact) mass is 300 g/mol. The van der Waals surface area contributed by atoms with Crippen LogP contribution >= 0.6 is 0 Å². The summed E-state index contributed by atoms with van der Waals surface area (Å²) in [5, 5.41) is 0.758. The molecule has 107 valence electrons. The standard InChI is InChI=1S/C16H14NO3S/c1-12-14-10-11-17(15(14)8-9-16(12)20-2)21(18,19)13-6-4-3-5-7-13/h3-11H,1H2,2H3. The quantitative estimate of drug-likeness (QED) is 0.747. The third-order valence-corrected chi connectivity index (χ3v) is 5.13. The van der Waals surface area contributed by atoms with Crippen LogP contribution in [0.2, 0.25) is 0 Å². The van der Waals surface area contributed by atoms with Gasteiger partial charge in [-0.1, -0.05) is 18.2 Å². The van der Waals surface area contributed by atoms with Gasteiger partial charge >= 0.3 is 0 Å². The van der Waals surface area contributed by atoms with Crippen molar-refractivity contribution in [2.24, 2.45) is 0 Å². The largest absolute Gasteiger partial charge is 0.496 e. The van der Waals surface area contributed by atoms with Crippen molar-refractivity contribution < 1.29 is 13.2 Å². The van der Waals surface area contributed by atoms with Crippen LogP contribution in [0.4, 0.5) is 0 Å². The number of aromatic nitrogens is 1. The van der Waals surface area contributed by atoms with Gasteiger partial charge in [0.05, 0.1) is 17.5 Å². The zero-order valence-electron chi connectivity index (χ0n) is 11.5. The minimum atomic E-state index is -3.61. The summed E-state index contributed by atoms with van der Waals surface area (Å²) in [4.78, 5) is 0.254. The Hall–Kier alpha value is -2.27. The van der Waals surface area contributed by atoms with Crippen molar-refractivity contribution in [2.75, 3.05) is 7.11 Å². The van der Waals surface area contributed by atoms with Crippen molar-refractivity contribution >= 4 is 20.9 Å². The lowest BCUT2D eigenvalue weighted by Gasteiger charge is -2.09. The zero-order valence-corrected chi connectivity index (χ0v) is 12.3. The molecule has 4 nitrogen and oxygen atoms in total. The van der Waals surface area contributed by atoms with Crippen molar-refractivity contribution in [1.82, 2.24) is 3.97 Å². The highest BCUT2D eigenvalue weighted by atomic mass is 32.2. The normalized spacial score (nSPS) is 11.7. The molecule has 0 fully saturated rings. The lowest BCUT2D eigenvalue weighted by Crippen LogP contribution is -2.11. The van der Waals surface area contributed by atoms with Gasteiger partial charge in [0.15, 0.2) is 0 Å². The molecule has 0 spiro atoms. The van der Waals surface area contributed by atoms with Crippen LogP contribution in [0.25, 0.3) is 10.9 Å². The minimum Gasteiger partial charge on any atom is -0.496 e. The first-order valence-corrected chi connectivity index (χ1v) is 7.80. The van der Waals surface area contributed by atoms with E-state index in [1.807, 2.05) is 0 Å². The number of ether oxygens (including phenoxy) is 1. The fourth-order valence-corrected chi connectivity index (χ4v) is 3.71. The second kappa shape index (κ2) is 4.93. The van der Waals surface area contributed by atoms with Gasteiger partial charge in [-0.05, 0) is 37.3 Å². The molecule has 5 heteroatoms. The smallest absolute Gasteiger partial charge is 0.268 e. The molecule has 3 rings (SSSR count). The van der Waals surface area contributed by atoms with E-state index >= 15 is 0 Å². The molecule has 0 atom stereocenters. The van der Waals surface area contributed by atoms with Crippen LogP contribution in [-0.4, -0.2) is 19.5 Å². The molecule has 3 aromatic rings. The Labute approximate surface area is 123 Å². The van der Waals surface area contributed by atoms with Crippen molar-refractivity contribution in [2.45, 2.75) is 4.90 Å². The summed E-state index contributed by atoms with van der Waals surface area (Å²) in [6.07, 6.45) is 1.54. The maximum absolute atomic E-state index is 12.7. The third kappa shape index (κ3) is 2.10. The van der Waals surface area contributed by atoms with Gasteiger partial charge in [-0.2, -0.15) is 0 Å². The summed E-state index contributed by atoms with van der Waals surface area (Å²) in [7, 11) is -2.05. The molecule has 0 saturated heterocycles. The molecule has 0 aliphatic rings. The summed E-state index contributed by atoms with van der Waals surface area (Å²) >= 11 is 0. The number of hydrogen-bond donors (Lipinski definition) is 0. The van der Waals surface area contributed by atoms with Gasteiger partial charge in [-0.15, -0.1) is 0 Å². The van der Waals surface area contributed by atoms with E-state index in [-0.39, 0.29) is 4.90 Å². The lowest BCUT2D eigenvalue weighted by atomic mass is 10.1. The summed E-state index contributed by atoms with van der Waals surface area (Å²) in [6.45, 7) is 3.95. The Bertz CT molecular complexity index is 896. The Kier molecular flexibility index (Phi) is 3.22. The van der Waals surface area contributed by atoms with Crippen LogP contribution in [0.15, 0.2) is 59.6 Å². The summed E-state index contributed by atoms with van der Waals surface area (Å²) in [5.41, 5.74) is 1.27. The predicted octanol–water partition coefficient (Wildman–Crippen LogP) is 3.07. The van der Waals surface area contributed by atoms with Crippen molar-refractivity contribution in [3.63, 3.8) is 0 Å². The highest BCUT2D eigenvalue weighted by Crippen LogP contribution is 2.29. The summed E-state index contributed by atoms with van der Waals surface area (Å²) < 4.78 is 31.9. The molecular formula is C16H14NO3S. The Balaban J connectivity index is 2.25. The summed E-state index contributed by atoms with van der Waals surface area (Å²) in [6, 6.07) is 13.5. The molecule has 0 aliphatic heterocycles. The van der Waals surface area contributed by atoms with Gasteiger partial charge < -0.3 is 4.74 Å². The van der Waals surface area contributed by atoms with Gasteiger partial charge in [0.1, 0.15) is 5.75 Å². The van der Waals surface area contributed by atoms with Crippen LogP contribution in [0.1, 0.15) is 5.56 Å². The van der Waals surface area contributed by atoms with E-state index in [9.17, 15) is 8.42 Å². The van der Waals surface area contributed by atoms with E-state index in [0.29, 0.717) is 16.8 Å². The Morgan fingerprint density at radius 1 is 1.05 bits per heavy atom. The number of methoxy groups -OCH3 is 1. The molecular weight excluding hydrogens is 286 g/mol. The Morgan fingerprint density at radius 2 is 1.76 bits per heavy atom. The molecule has 1 radical (unpaired) electrons. The molecule has 1 aromatic heterocycles. The average Bonchev–Trinajstić information content (AvgIpc) is 2.94. The van der Waals surface area contributed by atoms with Gasteiger partial charge in [-0.3, -0.25) is 0 Å². The fraction of sp³-hybridized carbons (Fsp3) is 0.0625. The van der Waals surface area contributed by atoms with E-state index in [4.69, 9.17) is 4.74 Å². The fourth-order valence-electron chi connectivity index (χ4n) is 2.34. The Morgan fingerprint density at radius 3 is 2.43 bits per heavy atom. The SMILES string of the molecule is [CH2]c1c(OC)ccc2c1ccn2S(=O)(=O)c1ccccc1. The molecule has 21 heavy (non-hydrogen) atoms. The average molecular weight is 300 g/mol. The van der Waals surface area contributed by atoms with Crippen LogP contribution in [-0.2, 0) is 10.0 Å². The number of rotatable bonds is 3. The van der Waals surface area contributed by atoms with E-state index in [1.165, 1.54) is 3.97 Å². The number of nitrogens with zero attached hydrogens (tertiary/aromatic N) is 1. The molecule has 0 saturated carbocycles. The van der Waals surface area contributed by atoms with E-state index in [1.54, 1.807) is 61.8 Å². The maximum Gasteiger partial charge on any atom is 0.268 e. The molecule has 0 N–H and O–H groups in total. The van der Waals surface area contributed by atoms with Crippen molar-refractivity contribution in [3.05, 3.63) is 67.2 Å². The number of benzene rings is 2. The topological polar surface area (TPSA) is 48.3 Å². The predicted molar refractivity (Wildman–Crippen MR) is 82.0 cm³/mol. The van der Waals surface area contributed by atoms with Crippen LogP contribution < -0.4 is 4.74 Å². The number of fused-ring (bicyclic) bond motifs is 1. The van der Waals surface area contributed by atoms with E-state index in [2.05, 4.69) is 6.92 Å². The van der Waals surface area contributed by atoms with Gasteiger partial charge in [0, 0.05) is 17.1 Å². The second-order valence-electron chi connectivity index (χ2n) is 4.61. The first-order chi connectivity index (χ1) is 10.1. The van der Waals surface area contributed by atoms with Gasteiger partial charge in [0.2, 0.25) is 0 Å². The second-order valence-corrected chi connectivity index (χ2v) is 6.42. The zero-order chi connectivity index (χ0) is 15.0. The third-order valence-electron chi connectivity index (χ3n) is 3.43. The molecule has 0 amide bonds. The summed E-state index contributed by atoms with van der Waals surface area (Å²) in [5.74, 6) is 0.636. The highest BCUT2D eigenvalue weighted by molar-refractivity contribution is 7.90. The molecule has 1 heterocycles. The lowest BCUT2D eigenvalue weighted by molar-refractivity contribution is 0.414. The maximum atomic E-state index is 12.7. The first kappa shape index (κ1) is 13.7. The first-order valence-electron chi connectivity index (χ1n) is 6.36. The van der Waals surface area contributed by atoms with Crippen LogP contribution in [0.5, 0.6) is 5.75 Å². The molecule has 2 aromatic carbocycles. The van der Waals surface area contributed by atoms with Gasteiger partial charge in [0.25, 0.3) is 10.0 Å². The van der Waals surface area contributed by atoms with Crippen molar-refractivity contribution in [3.8, 4) is 5.75 Å². The van der Waals surface area contributed by atoms with E-state index < -0.39 is 10.0 Å². The van der Waals surface area contributed by atoms with E-state index in [0.717, 1.165) is 5.39 Å². The molecule has 0 aliphatic carbocycles. The minimum absolute atomic E-state index is 0.254.